The highest BCUT2D eigenvalue weighted by Gasteiger charge is 1.98. The Morgan fingerprint density at radius 3 is 2.71 bits per heavy atom. The molecule has 0 aliphatic rings. The van der Waals surface area contributed by atoms with E-state index in [4.69, 9.17) is 0 Å². The first-order chi connectivity index (χ1) is 6.83. The minimum Gasteiger partial charge on any atom is -0.438 e. The molecule has 0 heterocycles. The van der Waals surface area contributed by atoms with Crippen LogP contribution in [-0.2, 0) is 9.47 Å². The minimum atomic E-state index is -0.653. The van der Waals surface area contributed by atoms with E-state index < -0.39 is 6.16 Å². The lowest BCUT2D eigenvalue weighted by Gasteiger charge is -2.05. The smallest absolute Gasteiger partial charge is 0.438 e. The second kappa shape index (κ2) is 5.85. The maximum absolute atomic E-state index is 10.6. The van der Waals surface area contributed by atoms with Crippen molar-refractivity contribution < 1.29 is 14.3 Å². The van der Waals surface area contributed by atoms with Gasteiger partial charge in [0.2, 0.25) is 0 Å². The molecule has 1 rings (SSSR count). The largest absolute Gasteiger partial charge is 0.508 e. The molecule has 1 aromatic rings. The van der Waals surface area contributed by atoms with Crippen LogP contribution in [-0.4, -0.2) is 26.4 Å². The van der Waals surface area contributed by atoms with Gasteiger partial charge in [0.1, 0.15) is 6.61 Å². The lowest BCUT2D eigenvalue weighted by molar-refractivity contribution is 0.0759. The number of ether oxygens (including phenoxy) is 2. The highest BCUT2D eigenvalue weighted by Crippen LogP contribution is 2.03. The van der Waals surface area contributed by atoms with Crippen molar-refractivity contribution in [2.45, 2.75) is 0 Å². The fourth-order valence-electron chi connectivity index (χ4n) is 0.945. The Hall–Kier alpha value is -1.71. The van der Waals surface area contributed by atoms with E-state index in [0.29, 0.717) is 13.2 Å². The first-order valence-electron chi connectivity index (χ1n) is 4.32. The van der Waals surface area contributed by atoms with E-state index in [0.717, 1.165) is 5.69 Å². The first-order valence-corrected chi connectivity index (χ1v) is 4.32. The van der Waals surface area contributed by atoms with Crippen molar-refractivity contribution >= 4 is 11.8 Å². The molecule has 0 unspecified atom stereocenters. The van der Waals surface area contributed by atoms with Gasteiger partial charge in [0.05, 0.1) is 7.11 Å². The molecule has 0 amide bonds. The van der Waals surface area contributed by atoms with E-state index in [1.807, 2.05) is 30.3 Å². The summed E-state index contributed by atoms with van der Waals surface area (Å²) in [6, 6.07) is 9.69. The van der Waals surface area contributed by atoms with Gasteiger partial charge in [0.15, 0.2) is 0 Å². The highest BCUT2D eigenvalue weighted by molar-refractivity contribution is 5.59. The topological polar surface area (TPSA) is 47.6 Å². The summed E-state index contributed by atoms with van der Waals surface area (Å²) in [5.41, 5.74) is 1.00. The van der Waals surface area contributed by atoms with Crippen LogP contribution in [0.3, 0.4) is 0 Å². The molecule has 0 spiro atoms. The second-order valence-corrected chi connectivity index (χ2v) is 2.60. The summed E-state index contributed by atoms with van der Waals surface area (Å²) < 4.78 is 9.00. The minimum absolute atomic E-state index is 0.293. The van der Waals surface area contributed by atoms with Crippen molar-refractivity contribution in [1.29, 1.82) is 0 Å². The van der Waals surface area contributed by atoms with Gasteiger partial charge in [-0.15, -0.1) is 0 Å². The van der Waals surface area contributed by atoms with Crippen LogP contribution in [0.15, 0.2) is 30.3 Å². The number of para-hydroxylation sites is 1. The number of rotatable bonds is 4. The summed E-state index contributed by atoms with van der Waals surface area (Å²) in [6.07, 6.45) is -0.653. The summed E-state index contributed by atoms with van der Waals surface area (Å²) in [4.78, 5) is 10.6. The molecule has 0 radical (unpaired) electrons. The van der Waals surface area contributed by atoms with Gasteiger partial charge in [-0.3, -0.25) is 0 Å². The first kappa shape index (κ1) is 10.4. The molecule has 0 atom stereocenters. The van der Waals surface area contributed by atoms with Crippen molar-refractivity contribution in [3.05, 3.63) is 30.3 Å². The molecular formula is C10H13NO3. The van der Waals surface area contributed by atoms with Crippen molar-refractivity contribution in [3.8, 4) is 0 Å². The van der Waals surface area contributed by atoms with Gasteiger partial charge in [-0.05, 0) is 12.1 Å². The zero-order chi connectivity index (χ0) is 10.2. The van der Waals surface area contributed by atoms with E-state index >= 15 is 0 Å². The van der Waals surface area contributed by atoms with Crippen LogP contribution in [0.1, 0.15) is 0 Å². The monoisotopic (exact) mass is 195 g/mol. The number of benzene rings is 1. The Morgan fingerprint density at radius 1 is 1.36 bits per heavy atom. The third-order valence-electron chi connectivity index (χ3n) is 1.59. The molecule has 4 heteroatoms. The fraction of sp³-hybridized carbons (Fsp3) is 0.300. The normalized spacial score (nSPS) is 9.21. The van der Waals surface area contributed by atoms with Crippen LogP contribution in [0.4, 0.5) is 10.5 Å². The summed E-state index contributed by atoms with van der Waals surface area (Å²) in [7, 11) is 1.28. The number of hydrogen-bond acceptors (Lipinski definition) is 4. The van der Waals surface area contributed by atoms with E-state index in [-0.39, 0.29) is 0 Å². The molecule has 0 fully saturated rings. The van der Waals surface area contributed by atoms with E-state index in [1.54, 1.807) is 0 Å². The van der Waals surface area contributed by atoms with Crippen molar-refractivity contribution in [1.82, 2.24) is 0 Å². The number of nitrogens with one attached hydrogen (secondary N) is 1. The van der Waals surface area contributed by atoms with Gasteiger partial charge < -0.3 is 14.8 Å². The Balaban J connectivity index is 2.13. The molecule has 0 saturated heterocycles. The predicted molar refractivity (Wildman–Crippen MR) is 53.3 cm³/mol. The maximum Gasteiger partial charge on any atom is 0.508 e. The van der Waals surface area contributed by atoms with Crippen LogP contribution in [0.5, 0.6) is 0 Å². The number of methoxy groups -OCH3 is 1. The van der Waals surface area contributed by atoms with E-state index in [9.17, 15) is 4.79 Å². The van der Waals surface area contributed by atoms with E-state index in [2.05, 4.69) is 14.8 Å². The second-order valence-electron chi connectivity index (χ2n) is 2.60. The van der Waals surface area contributed by atoms with Crippen LogP contribution >= 0.6 is 0 Å². The Labute approximate surface area is 82.8 Å². The molecule has 0 aliphatic carbocycles. The zero-order valence-electron chi connectivity index (χ0n) is 8.03. The molecule has 14 heavy (non-hydrogen) atoms. The lowest BCUT2D eigenvalue weighted by Crippen LogP contribution is -2.13. The highest BCUT2D eigenvalue weighted by atomic mass is 16.7. The Kier molecular flexibility index (Phi) is 4.34. The Morgan fingerprint density at radius 2 is 2.07 bits per heavy atom. The van der Waals surface area contributed by atoms with Gasteiger partial charge in [-0.1, -0.05) is 18.2 Å². The SMILES string of the molecule is COC(=O)OCCNc1ccccc1. The molecule has 76 valence electrons. The van der Waals surface area contributed by atoms with Gasteiger partial charge in [-0.2, -0.15) is 0 Å². The van der Waals surface area contributed by atoms with Crippen molar-refractivity contribution in [3.63, 3.8) is 0 Å². The average molecular weight is 195 g/mol. The van der Waals surface area contributed by atoms with Crippen molar-refractivity contribution in [2.75, 3.05) is 25.6 Å². The third kappa shape index (κ3) is 3.80. The summed E-state index contributed by atoms with van der Waals surface area (Å²) in [5.74, 6) is 0. The number of carbonyl (C=O) groups is 1. The van der Waals surface area contributed by atoms with Gasteiger partial charge in [-0.25, -0.2) is 4.79 Å². The number of hydrogen-bond donors (Lipinski definition) is 1. The third-order valence-corrected chi connectivity index (χ3v) is 1.59. The molecular weight excluding hydrogens is 182 g/mol. The van der Waals surface area contributed by atoms with E-state index in [1.165, 1.54) is 7.11 Å². The maximum atomic E-state index is 10.6. The standard InChI is InChI=1S/C10H13NO3/c1-13-10(12)14-8-7-11-9-5-3-2-4-6-9/h2-6,11H,7-8H2,1H3. The molecule has 0 aromatic heterocycles. The predicted octanol–water partition coefficient (Wildman–Crippen LogP) is 1.88. The summed E-state index contributed by atoms with van der Waals surface area (Å²) >= 11 is 0. The molecule has 0 saturated carbocycles. The van der Waals surface area contributed by atoms with Crippen LogP contribution in [0, 0.1) is 0 Å². The lowest BCUT2D eigenvalue weighted by atomic mass is 10.3. The molecule has 0 bridgehead atoms. The van der Waals surface area contributed by atoms with Gasteiger partial charge in [0, 0.05) is 12.2 Å². The van der Waals surface area contributed by atoms with Gasteiger partial charge in [0.25, 0.3) is 0 Å². The average Bonchev–Trinajstić information content (AvgIpc) is 2.25. The van der Waals surface area contributed by atoms with Crippen LogP contribution in [0.2, 0.25) is 0 Å². The Bertz CT molecular complexity index is 274. The quantitative estimate of drug-likeness (QED) is 0.588. The fourth-order valence-corrected chi connectivity index (χ4v) is 0.945. The number of anilines is 1. The molecule has 1 N–H and O–H groups in total. The van der Waals surface area contributed by atoms with Crippen molar-refractivity contribution in [2.24, 2.45) is 0 Å². The summed E-state index contributed by atoms with van der Waals surface area (Å²) in [6.45, 7) is 0.862. The summed E-state index contributed by atoms with van der Waals surface area (Å²) in [5, 5.41) is 3.09. The van der Waals surface area contributed by atoms with Crippen LogP contribution in [0.25, 0.3) is 0 Å². The zero-order valence-corrected chi connectivity index (χ0v) is 8.03. The molecule has 1 aromatic carbocycles. The molecule has 4 nitrogen and oxygen atoms in total. The molecule has 0 aliphatic heterocycles. The van der Waals surface area contributed by atoms with Gasteiger partial charge >= 0.3 is 6.16 Å². The number of carbonyl (C=O) groups excluding carboxylic acids is 1. The van der Waals surface area contributed by atoms with Crippen LogP contribution < -0.4 is 5.32 Å².